The standard InChI is InChI=1S/C14H17BrN2O2/c1-4-9-16-12(18)14(2,3)13(19)17-11-8-6-5-7-10(11)15/h4-8H,1,9H2,2-3H3,(H,16,18)(H,17,19). The highest BCUT2D eigenvalue weighted by Crippen LogP contribution is 2.24. The Morgan fingerprint density at radius 2 is 1.95 bits per heavy atom. The van der Waals surface area contributed by atoms with Crippen LogP contribution in [0.4, 0.5) is 5.69 Å². The van der Waals surface area contributed by atoms with E-state index in [-0.39, 0.29) is 11.8 Å². The van der Waals surface area contributed by atoms with E-state index in [9.17, 15) is 9.59 Å². The van der Waals surface area contributed by atoms with Crippen molar-refractivity contribution in [1.29, 1.82) is 0 Å². The molecule has 1 aromatic carbocycles. The monoisotopic (exact) mass is 324 g/mol. The van der Waals surface area contributed by atoms with Gasteiger partial charge < -0.3 is 10.6 Å². The zero-order chi connectivity index (χ0) is 14.5. The first-order valence-corrected chi connectivity index (χ1v) is 6.64. The Morgan fingerprint density at radius 1 is 1.32 bits per heavy atom. The highest BCUT2D eigenvalue weighted by Gasteiger charge is 2.35. The summed E-state index contributed by atoms with van der Waals surface area (Å²) in [7, 11) is 0. The van der Waals surface area contributed by atoms with Gasteiger partial charge in [0.25, 0.3) is 0 Å². The smallest absolute Gasteiger partial charge is 0.239 e. The molecule has 0 radical (unpaired) electrons. The fourth-order valence-electron chi connectivity index (χ4n) is 1.33. The first-order chi connectivity index (χ1) is 8.89. The molecule has 0 aliphatic rings. The summed E-state index contributed by atoms with van der Waals surface area (Å²) in [4.78, 5) is 24.1. The van der Waals surface area contributed by atoms with E-state index in [0.29, 0.717) is 12.2 Å². The van der Waals surface area contributed by atoms with Gasteiger partial charge in [0.2, 0.25) is 11.8 Å². The zero-order valence-corrected chi connectivity index (χ0v) is 12.6. The van der Waals surface area contributed by atoms with Crippen LogP contribution in [0, 0.1) is 5.41 Å². The topological polar surface area (TPSA) is 58.2 Å². The molecule has 0 atom stereocenters. The van der Waals surface area contributed by atoms with Crippen molar-refractivity contribution in [2.45, 2.75) is 13.8 Å². The number of halogens is 1. The summed E-state index contributed by atoms with van der Waals surface area (Å²) in [5.74, 6) is -0.696. The molecule has 2 N–H and O–H groups in total. The van der Waals surface area contributed by atoms with Crippen molar-refractivity contribution in [2.24, 2.45) is 5.41 Å². The molecule has 0 spiro atoms. The SMILES string of the molecule is C=CCNC(=O)C(C)(C)C(=O)Nc1ccccc1Br. The van der Waals surface area contributed by atoms with Gasteiger partial charge in [-0.3, -0.25) is 9.59 Å². The minimum absolute atomic E-state index is 0.336. The van der Waals surface area contributed by atoms with Crippen molar-refractivity contribution in [2.75, 3.05) is 11.9 Å². The minimum Gasteiger partial charge on any atom is -0.352 e. The second kappa shape index (κ2) is 6.52. The highest BCUT2D eigenvalue weighted by molar-refractivity contribution is 9.10. The van der Waals surface area contributed by atoms with E-state index >= 15 is 0 Å². The number of carbonyl (C=O) groups excluding carboxylic acids is 2. The minimum atomic E-state index is -1.15. The van der Waals surface area contributed by atoms with Crippen molar-refractivity contribution in [3.63, 3.8) is 0 Å². The predicted octanol–water partition coefficient (Wildman–Crippen LogP) is 2.72. The Morgan fingerprint density at radius 3 is 2.53 bits per heavy atom. The van der Waals surface area contributed by atoms with Crippen molar-refractivity contribution < 1.29 is 9.59 Å². The summed E-state index contributed by atoms with van der Waals surface area (Å²) < 4.78 is 0.769. The van der Waals surface area contributed by atoms with Gasteiger partial charge in [-0.1, -0.05) is 18.2 Å². The lowest BCUT2D eigenvalue weighted by atomic mass is 9.91. The van der Waals surface area contributed by atoms with Gasteiger partial charge in [0, 0.05) is 11.0 Å². The summed E-state index contributed by atoms with van der Waals surface area (Å²) in [6, 6.07) is 7.24. The zero-order valence-electron chi connectivity index (χ0n) is 11.0. The van der Waals surface area contributed by atoms with Crippen LogP contribution in [-0.2, 0) is 9.59 Å². The Labute approximate surface area is 121 Å². The average molecular weight is 325 g/mol. The molecule has 0 saturated carbocycles. The van der Waals surface area contributed by atoms with Gasteiger partial charge >= 0.3 is 0 Å². The van der Waals surface area contributed by atoms with Crippen LogP contribution in [0.1, 0.15) is 13.8 Å². The molecule has 0 aliphatic carbocycles. The molecule has 0 fully saturated rings. The average Bonchev–Trinajstić information content (AvgIpc) is 2.38. The third kappa shape index (κ3) is 3.92. The molecule has 5 heteroatoms. The lowest BCUT2D eigenvalue weighted by Gasteiger charge is -2.22. The van der Waals surface area contributed by atoms with E-state index < -0.39 is 5.41 Å². The highest BCUT2D eigenvalue weighted by atomic mass is 79.9. The third-order valence-electron chi connectivity index (χ3n) is 2.66. The molecular formula is C14H17BrN2O2. The summed E-state index contributed by atoms with van der Waals surface area (Å²) >= 11 is 3.34. The van der Waals surface area contributed by atoms with E-state index in [1.165, 1.54) is 0 Å². The van der Waals surface area contributed by atoms with Crippen molar-refractivity contribution >= 4 is 33.4 Å². The number of rotatable bonds is 5. The second-order valence-corrected chi connectivity index (χ2v) is 5.41. The van der Waals surface area contributed by atoms with E-state index in [0.717, 1.165) is 4.47 Å². The maximum absolute atomic E-state index is 12.2. The normalized spacial score (nSPS) is 10.7. The number of anilines is 1. The number of benzene rings is 1. The van der Waals surface area contributed by atoms with E-state index in [4.69, 9.17) is 0 Å². The van der Waals surface area contributed by atoms with Crippen LogP contribution in [0.2, 0.25) is 0 Å². The quantitative estimate of drug-likeness (QED) is 0.646. The Kier molecular flexibility index (Phi) is 5.30. The van der Waals surface area contributed by atoms with Crippen LogP contribution in [0.3, 0.4) is 0 Å². The second-order valence-electron chi connectivity index (χ2n) is 4.56. The molecule has 19 heavy (non-hydrogen) atoms. The van der Waals surface area contributed by atoms with Crippen molar-refractivity contribution in [3.05, 3.63) is 41.4 Å². The maximum Gasteiger partial charge on any atom is 0.239 e. The molecule has 0 aliphatic heterocycles. The Balaban J connectivity index is 2.79. The van der Waals surface area contributed by atoms with Crippen LogP contribution in [0.5, 0.6) is 0 Å². The van der Waals surface area contributed by atoms with Crippen LogP contribution in [0.15, 0.2) is 41.4 Å². The number of carbonyl (C=O) groups is 2. The first kappa shape index (κ1) is 15.4. The lowest BCUT2D eigenvalue weighted by Crippen LogP contribution is -2.45. The number of para-hydroxylation sites is 1. The van der Waals surface area contributed by atoms with Crippen molar-refractivity contribution in [1.82, 2.24) is 5.32 Å². The van der Waals surface area contributed by atoms with Gasteiger partial charge in [-0.25, -0.2) is 0 Å². The molecule has 1 rings (SSSR count). The largest absolute Gasteiger partial charge is 0.352 e. The third-order valence-corrected chi connectivity index (χ3v) is 3.36. The van der Waals surface area contributed by atoms with E-state index in [1.54, 1.807) is 26.0 Å². The Hall–Kier alpha value is -1.62. The lowest BCUT2D eigenvalue weighted by molar-refractivity contribution is -0.138. The van der Waals surface area contributed by atoms with Crippen LogP contribution in [0.25, 0.3) is 0 Å². The predicted molar refractivity (Wildman–Crippen MR) is 79.8 cm³/mol. The van der Waals surface area contributed by atoms with Crippen LogP contribution < -0.4 is 10.6 Å². The van der Waals surface area contributed by atoms with Crippen LogP contribution in [-0.4, -0.2) is 18.4 Å². The molecule has 0 saturated heterocycles. The van der Waals surface area contributed by atoms with E-state index in [2.05, 4.69) is 33.1 Å². The Bertz CT molecular complexity index is 498. The van der Waals surface area contributed by atoms with E-state index in [1.807, 2.05) is 18.2 Å². The van der Waals surface area contributed by atoms with Gasteiger partial charge in [0.15, 0.2) is 0 Å². The van der Waals surface area contributed by atoms with Gasteiger partial charge in [0.05, 0.1) is 5.69 Å². The number of nitrogens with one attached hydrogen (secondary N) is 2. The maximum atomic E-state index is 12.2. The van der Waals surface area contributed by atoms with Gasteiger partial charge in [0.1, 0.15) is 5.41 Å². The molecular weight excluding hydrogens is 308 g/mol. The molecule has 1 aromatic rings. The first-order valence-electron chi connectivity index (χ1n) is 5.84. The van der Waals surface area contributed by atoms with Gasteiger partial charge in [-0.15, -0.1) is 6.58 Å². The molecule has 0 bridgehead atoms. The molecule has 0 aromatic heterocycles. The summed E-state index contributed by atoms with van der Waals surface area (Å²) in [5.41, 5.74) is -0.518. The van der Waals surface area contributed by atoms with Gasteiger partial charge in [-0.05, 0) is 41.9 Å². The molecule has 102 valence electrons. The summed E-state index contributed by atoms with van der Waals surface area (Å²) in [5, 5.41) is 5.36. The summed E-state index contributed by atoms with van der Waals surface area (Å²) in [6.45, 7) is 7.02. The number of hydrogen-bond donors (Lipinski definition) is 2. The van der Waals surface area contributed by atoms with Crippen molar-refractivity contribution in [3.8, 4) is 0 Å². The molecule has 0 heterocycles. The fraction of sp³-hybridized carbons (Fsp3) is 0.286. The number of amides is 2. The molecule has 2 amide bonds. The van der Waals surface area contributed by atoms with Gasteiger partial charge in [-0.2, -0.15) is 0 Å². The summed E-state index contributed by atoms with van der Waals surface area (Å²) in [6.07, 6.45) is 1.57. The molecule has 4 nitrogen and oxygen atoms in total. The molecule has 0 unspecified atom stereocenters. The number of hydrogen-bond acceptors (Lipinski definition) is 2. The fourth-order valence-corrected chi connectivity index (χ4v) is 1.71. The van der Waals surface area contributed by atoms with Crippen LogP contribution >= 0.6 is 15.9 Å².